The monoisotopic (exact) mass is 412 g/mol. The van der Waals surface area contributed by atoms with Crippen molar-refractivity contribution in [2.24, 2.45) is 0 Å². The minimum Gasteiger partial charge on any atom is -0.322 e. The number of hydrogen-bond acceptors (Lipinski definition) is 3. The summed E-state index contributed by atoms with van der Waals surface area (Å²) >= 11 is 13.5. The first-order chi connectivity index (χ1) is 13.0. The van der Waals surface area contributed by atoms with Gasteiger partial charge in [-0.2, -0.15) is 0 Å². The van der Waals surface area contributed by atoms with E-state index in [0.29, 0.717) is 21.3 Å². The lowest BCUT2D eigenvalue weighted by Gasteiger charge is -2.07. The van der Waals surface area contributed by atoms with Gasteiger partial charge in [0.15, 0.2) is 0 Å². The summed E-state index contributed by atoms with van der Waals surface area (Å²) in [4.78, 5) is 17.0. The average Bonchev–Trinajstić information content (AvgIpc) is 3.07. The lowest BCUT2D eigenvalue weighted by atomic mass is 10.2. The van der Waals surface area contributed by atoms with E-state index in [0.717, 1.165) is 16.1 Å². The SMILES string of the molecule is Cc1ccc2nc(-c3ccc(NC(=O)c4ccc(Cl)c(Cl)c4)cc3)sc2c1. The lowest BCUT2D eigenvalue weighted by Crippen LogP contribution is -2.11. The van der Waals surface area contributed by atoms with Crippen molar-refractivity contribution in [3.8, 4) is 10.6 Å². The van der Waals surface area contributed by atoms with Gasteiger partial charge in [0, 0.05) is 16.8 Å². The normalized spacial score (nSPS) is 10.9. The first kappa shape index (κ1) is 18.0. The Kier molecular flexibility index (Phi) is 4.87. The van der Waals surface area contributed by atoms with Gasteiger partial charge < -0.3 is 5.32 Å². The second-order valence-corrected chi connectivity index (χ2v) is 8.00. The van der Waals surface area contributed by atoms with E-state index in [-0.39, 0.29) is 5.91 Å². The van der Waals surface area contributed by atoms with E-state index in [1.165, 1.54) is 10.3 Å². The van der Waals surface area contributed by atoms with Crippen molar-refractivity contribution in [1.82, 2.24) is 4.98 Å². The largest absolute Gasteiger partial charge is 0.322 e. The maximum Gasteiger partial charge on any atom is 0.255 e. The Labute approximate surface area is 170 Å². The number of fused-ring (bicyclic) bond motifs is 1. The van der Waals surface area contributed by atoms with Gasteiger partial charge in [0.1, 0.15) is 5.01 Å². The van der Waals surface area contributed by atoms with Gasteiger partial charge in [-0.25, -0.2) is 4.98 Å². The predicted molar refractivity (Wildman–Crippen MR) is 114 cm³/mol. The minimum absolute atomic E-state index is 0.239. The zero-order valence-corrected chi connectivity index (χ0v) is 16.6. The molecule has 3 aromatic carbocycles. The summed E-state index contributed by atoms with van der Waals surface area (Å²) in [7, 11) is 0. The van der Waals surface area contributed by atoms with Crippen LogP contribution in [-0.2, 0) is 0 Å². The highest BCUT2D eigenvalue weighted by molar-refractivity contribution is 7.21. The number of amides is 1. The second-order valence-electron chi connectivity index (χ2n) is 6.15. The topological polar surface area (TPSA) is 42.0 Å². The molecule has 0 spiro atoms. The van der Waals surface area contributed by atoms with E-state index in [9.17, 15) is 4.79 Å². The maximum atomic E-state index is 12.4. The number of halogens is 2. The molecule has 4 aromatic rings. The lowest BCUT2D eigenvalue weighted by molar-refractivity contribution is 0.102. The molecule has 0 saturated heterocycles. The van der Waals surface area contributed by atoms with Crippen molar-refractivity contribution in [2.75, 3.05) is 5.32 Å². The fourth-order valence-electron chi connectivity index (χ4n) is 2.69. The van der Waals surface area contributed by atoms with Crippen molar-refractivity contribution in [3.05, 3.63) is 81.8 Å². The fraction of sp³-hybridized carbons (Fsp3) is 0.0476. The molecular weight excluding hydrogens is 399 g/mol. The fourth-order valence-corrected chi connectivity index (χ4v) is 4.06. The van der Waals surface area contributed by atoms with Gasteiger partial charge in [-0.05, 0) is 67.1 Å². The molecule has 27 heavy (non-hydrogen) atoms. The van der Waals surface area contributed by atoms with Gasteiger partial charge in [0.05, 0.1) is 20.3 Å². The van der Waals surface area contributed by atoms with Crippen LogP contribution in [0, 0.1) is 6.92 Å². The van der Waals surface area contributed by atoms with Crippen molar-refractivity contribution < 1.29 is 4.79 Å². The summed E-state index contributed by atoms with van der Waals surface area (Å²) < 4.78 is 1.17. The summed E-state index contributed by atoms with van der Waals surface area (Å²) in [5, 5.41) is 4.59. The Morgan fingerprint density at radius 1 is 0.963 bits per heavy atom. The molecular formula is C21H14Cl2N2OS. The summed E-state index contributed by atoms with van der Waals surface area (Å²) in [5.41, 5.74) is 4.39. The van der Waals surface area contributed by atoms with Crippen LogP contribution in [0.5, 0.6) is 0 Å². The number of hydrogen-bond donors (Lipinski definition) is 1. The van der Waals surface area contributed by atoms with Gasteiger partial charge in [-0.1, -0.05) is 29.3 Å². The highest BCUT2D eigenvalue weighted by atomic mass is 35.5. The average molecular weight is 413 g/mol. The van der Waals surface area contributed by atoms with E-state index in [1.807, 2.05) is 30.3 Å². The number of aryl methyl sites for hydroxylation is 1. The van der Waals surface area contributed by atoms with Crippen LogP contribution in [0.15, 0.2) is 60.7 Å². The van der Waals surface area contributed by atoms with Gasteiger partial charge in [0.25, 0.3) is 5.91 Å². The van der Waals surface area contributed by atoms with Crippen LogP contribution in [0.2, 0.25) is 10.0 Å². The first-order valence-corrected chi connectivity index (χ1v) is 9.81. The molecule has 0 unspecified atom stereocenters. The molecule has 0 aliphatic heterocycles. The molecule has 0 bridgehead atoms. The summed E-state index contributed by atoms with van der Waals surface area (Å²) in [6.45, 7) is 2.07. The van der Waals surface area contributed by atoms with E-state index >= 15 is 0 Å². The van der Waals surface area contributed by atoms with Crippen molar-refractivity contribution in [3.63, 3.8) is 0 Å². The quantitative estimate of drug-likeness (QED) is 0.400. The molecule has 0 radical (unpaired) electrons. The molecule has 0 aliphatic carbocycles. The number of carbonyl (C=O) groups is 1. The van der Waals surface area contributed by atoms with Gasteiger partial charge in [0.2, 0.25) is 0 Å². The molecule has 6 heteroatoms. The number of anilines is 1. The van der Waals surface area contributed by atoms with E-state index in [2.05, 4.69) is 29.4 Å². The third-order valence-electron chi connectivity index (χ3n) is 4.12. The summed E-state index contributed by atoms with van der Waals surface area (Å²) in [6, 6.07) is 18.7. The molecule has 0 saturated carbocycles. The van der Waals surface area contributed by atoms with E-state index in [4.69, 9.17) is 23.2 Å². The number of aromatic nitrogens is 1. The Hall–Kier alpha value is -2.40. The van der Waals surface area contributed by atoms with Crippen molar-refractivity contribution >= 4 is 56.3 Å². The number of carbonyl (C=O) groups excluding carboxylic acids is 1. The minimum atomic E-state index is -0.239. The molecule has 0 atom stereocenters. The molecule has 4 rings (SSSR count). The standard InChI is InChI=1S/C21H14Cl2N2OS/c1-12-2-9-18-19(10-12)27-21(25-18)13-3-6-15(7-4-13)24-20(26)14-5-8-16(22)17(23)11-14/h2-11H,1H3,(H,24,26). The summed E-state index contributed by atoms with van der Waals surface area (Å²) in [5.74, 6) is -0.239. The molecule has 0 fully saturated rings. The van der Waals surface area contributed by atoms with Gasteiger partial charge in [-0.3, -0.25) is 4.79 Å². The number of thiazole rings is 1. The molecule has 0 aliphatic rings. The van der Waals surface area contributed by atoms with Crippen LogP contribution < -0.4 is 5.32 Å². The third-order valence-corrected chi connectivity index (χ3v) is 5.92. The molecule has 134 valence electrons. The Bertz CT molecular complexity index is 1150. The van der Waals surface area contributed by atoms with Crippen LogP contribution in [0.3, 0.4) is 0 Å². The number of nitrogens with zero attached hydrogens (tertiary/aromatic N) is 1. The number of benzene rings is 3. The molecule has 1 heterocycles. The Morgan fingerprint density at radius 3 is 2.48 bits per heavy atom. The molecule has 1 amide bonds. The molecule has 1 N–H and O–H groups in total. The van der Waals surface area contributed by atoms with Crippen LogP contribution in [0.25, 0.3) is 20.8 Å². The maximum absolute atomic E-state index is 12.4. The zero-order chi connectivity index (χ0) is 19.0. The van der Waals surface area contributed by atoms with E-state index in [1.54, 1.807) is 29.5 Å². The van der Waals surface area contributed by atoms with Crippen molar-refractivity contribution in [1.29, 1.82) is 0 Å². The Balaban J connectivity index is 1.54. The first-order valence-electron chi connectivity index (χ1n) is 8.23. The number of nitrogens with one attached hydrogen (secondary N) is 1. The smallest absolute Gasteiger partial charge is 0.255 e. The second kappa shape index (κ2) is 7.31. The van der Waals surface area contributed by atoms with Gasteiger partial charge >= 0.3 is 0 Å². The van der Waals surface area contributed by atoms with Crippen LogP contribution in [-0.4, -0.2) is 10.9 Å². The molecule has 3 nitrogen and oxygen atoms in total. The zero-order valence-electron chi connectivity index (χ0n) is 14.3. The Morgan fingerprint density at radius 2 is 1.74 bits per heavy atom. The summed E-state index contributed by atoms with van der Waals surface area (Å²) in [6.07, 6.45) is 0. The van der Waals surface area contributed by atoms with E-state index < -0.39 is 0 Å². The number of rotatable bonds is 3. The van der Waals surface area contributed by atoms with Crippen LogP contribution in [0.4, 0.5) is 5.69 Å². The predicted octanol–water partition coefficient (Wildman–Crippen LogP) is 6.83. The van der Waals surface area contributed by atoms with Gasteiger partial charge in [-0.15, -0.1) is 11.3 Å². The van der Waals surface area contributed by atoms with Crippen LogP contribution >= 0.6 is 34.5 Å². The van der Waals surface area contributed by atoms with Crippen LogP contribution in [0.1, 0.15) is 15.9 Å². The third kappa shape index (κ3) is 3.83. The highest BCUT2D eigenvalue weighted by Gasteiger charge is 2.10. The van der Waals surface area contributed by atoms with Crippen molar-refractivity contribution in [2.45, 2.75) is 6.92 Å². The molecule has 1 aromatic heterocycles. The highest BCUT2D eigenvalue weighted by Crippen LogP contribution is 2.31.